The van der Waals surface area contributed by atoms with Crippen molar-refractivity contribution in [1.82, 2.24) is 15.5 Å². The lowest BCUT2D eigenvalue weighted by molar-refractivity contribution is -0.132. The summed E-state index contributed by atoms with van der Waals surface area (Å²) in [7, 11) is 0. The van der Waals surface area contributed by atoms with Crippen LogP contribution in [0.3, 0.4) is 0 Å². The topological polar surface area (TPSA) is 73.5 Å². The summed E-state index contributed by atoms with van der Waals surface area (Å²) < 4.78 is 0.953. The fraction of sp³-hybridized carbons (Fsp3) is 0.467. The van der Waals surface area contributed by atoms with Gasteiger partial charge in [0.25, 0.3) is 0 Å². The number of anilines is 1. The Bertz CT molecular complexity index is 521. The molecule has 0 saturated carbocycles. The van der Waals surface area contributed by atoms with E-state index < -0.39 is 0 Å². The van der Waals surface area contributed by atoms with Crippen molar-refractivity contribution < 1.29 is 9.59 Å². The van der Waals surface area contributed by atoms with Gasteiger partial charge in [-0.2, -0.15) is 0 Å². The van der Waals surface area contributed by atoms with Crippen molar-refractivity contribution in [3.63, 3.8) is 0 Å². The maximum Gasteiger partial charge on any atom is 0.319 e. The lowest BCUT2D eigenvalue weighted by atomic mass is 10.2. The highest BCUT2D eigenvalue weighted by molar-refractivity contribution is 9.10. The molecule has 1 aromatic rings. The maximum absolute atomic E-state index is 12.0. The number of piperazine rings is 1. The Kier molecular flexibility index (Phi) is 6.21. The Labute approximate surface area is 138 Å². The number of hydrogen-bond acceptors (Lipinski definition) is 3. The summed E-state index contributed by atoms with van der Waals surface area (Å²) in [6, 6.07) is 7.33. The number of nitrogens with zero attached hydrogens (tertiary/aromatic N) is 1. The molecule has 1 aromatic carbocycles. The quantitative estimate of drug-likeness (QED) is 0.758. The second kappa shape index (κ2) is 8.14. The van der Waals surface area contributed by atoms with Crippen LogP contribution >= 0.6 is 15.9 Å². The van der Waals surface area contributed by atoms with Crippen LogP contribution in [0, 0.1) is 0 Å². The lowest BCUT2D eigenvalue weighted by Gasteiger charge is -2.32. The largest absolute Gasteiger partial charge is 0.340 e. The van der Waals surface area contributed by atoms with Crippen molar-refractivity contribution in [2.45, 2.75) is 19.4 Å². The van der Waals surface area contributed by atoms with E-state index in [1.165, 1.54) is 0 Å². The predicted molar refractivity (Wildman–Crippen MR) is 89.8 cm³/mol. The van der Waals surface area contributed by atoms with E-state index in [1.807, 2.05) is 17.0 Å². The van der Waals surface area contributed by atoms with E-state index in [0.29, 0.717) is 24.7 Å². The summed E-state index contributed by atoms with van der Waals surface area (Å²) in [4.78, 5) is 25.6. The average molecular weight is 369 g/mol. The fourth-order valence-electron chi connectivity index (χ4n) is 2.31. The Hall–Kier alpha value is -1.60. The van der Waals surface area contributed by atoms with Gasteiger partial charge >= 0.3 is 6.03 Å². The zero-order valence-corrected chi connectivity index (χ0v) is 14.1. The smallest absolute Gasteiger partial charge is 0.319 e. The van der Waals surface area contributed by atoms with Gasteiger partial charge in [0.2, 0.25) is 5.91 Å². The molecule has 0 aliphatic carbocycles. The molecule has 1 saturated heterocycles. The number of urea groups is 1. The molecule has 1 atom stereocenters. The van der Waals surface area contributed by atoms with Gasteiger partial charge < -0.3 is 20.9 Å². The summed E-state index contributed by atoms with van der Waals surface area (Å²) in [5.74, 6) is 0.0808. The average Bonchev–Trinajstić information content (AvgIpc) is 2.49. The van der Waals surface area contributed by atoms with E-state index in [2.05, 4.69) is 38.8 Å². The molecule has 6 nitrogen and oxygen atoms in total. The Morgan fingerprint density at radius 2 is 2.09 bits per heavy atom. The molecule has 1 heterocycles. The molecular formula is C15H21BrN4O2. The first-order chi connectivity index (χ1) is 10.5. The predicted octanol–water partition coefficient (Wildman–Crippen LogP) is 1.78. The molecule has 1 unspecified atom stereocenters. The molecule has 1 aliphatic rings. The first-order valence-corrected chi connectivity index (χ1v) is 8.15. The van der Waals surface area contributed by atoms with Gasteiger partial charge in [-0.05, 0) is 31.2 Å². The minimum atomic E-state index is -0.302. The lowest BCUT2D eigenvalue weighted by Crippen LogP contribution is -2.51. The highest BCUT2D eigenvalue weighted by Gasteiger charge is 2.19. The van der Waals surface area contributed by atoms with Crippen LogP contribution in [0.2, 0.25) is 0 Å². The van der Waals surface area contributed by atoms with Crippen LogP contribution in [0.25, 0.3) is 0 Å². The van der Waals surface area contributed by atoms with E-state index in [0.717, 1.165) is 24.1 Å². The number of amides is 3. The Balaban J connectivity index is 1.68. The van der Waals surface area contributed by atoms with Crippen LogP contribution in [0.15, 0.2) is 28.7 Å². The third-order valence-electron chi connectivity index (χ3n) is 3.45. The zero-order chi connectivity index (χ0) is 15.9. The molecule has 0 aromatic heterocycles. The van der Waals surface area contributed by atoms with Gasteiger partial charge in [0, 0.05) is 48.8 Å². The first-order valence-electron chi connectivity index (χ1n) is 7.36. The van der Waals surface area contributed by atoms with Gasteiger partial charge in [0.05, 0.1) is 0 Å². The SMILES string of the molecule is CC1CN(C(=O)CCNC(=O)Nc2ccc(Br)cc2)CCN1. The molecule has 0 radical (unpaired) electrons. The minimum Gasteiger partial charge on any atom is -0.340 e. The van der Waals surface area contributed by atoms with Gasteiger partial charge in [0.15, 0.2) is 0 Å². The monoisotopic (exact) mass is 368 g/mol. The number of nitrogens with one attached hydrogen (secondary N) is 3. The van der Waals surface area contributed by atoms with Crippen molar-refractivity contribution in [2.24, 2.45) is 0 Å². The molecule has 1 fully saturated rings. The molecular weight excluding hydrogens is 348 g/mol. The molecule has 2 rings (SSSR count). The van der Waals surface area contributed by atoms with Gasteiger partial charge in [-0.3, -0.25) is 4.79 Å². The molecule has 1 aliphatic heterocycles. The molecule has 0 bridgehead atoms. The van der Waals surface area contributed by atoms with E-state index in [1.54, 1.807) is 12.1 Å². The number of halogens is 1. The van der Waals surface area contributed by atoms with Gasteiger partial charge in [-0.25, -0.2) is 4.79 Å². The van der Waals surface area contributed by atoms with E-state index >= 15 is 0 Å². The summed E-state index contributed by atoms with van der Waals surface area (Å²) in [5.41, 5.74) is 0.711. The van der Waals surface area contributed by atoms with Crippen LogP contribution in [0.4, 0.5) is 10.5 Å². The zero-order valence-electron chi connectivity index (χ0n) is 12.6. The minimum absolute atomic E-state index is 0.0808. The normalized spacial score (nSPS) is 17.9. The van der Waals surface area contributed by atoms with Crippen molar-refractivity contribution in [2.75, 3.05) is 31.5 Å². The second-order valence-electron chi connectivity index (χ2n) is 5.33. The summed E-state index contributed by atoms with van der Waals surface area (Å²) in [6.07, 6.45) is 0.320. The Morgan fingerprint density at radius 1 is 1.36 bits per heavy atom. The van der Waals surface area contributed by atoms with Crippen molar-refractivity contribution in [3.05, 3.63) is 28.7 Å². The summed E-state index contributed by atoms with van der Waals surface area (Å²) in [5, 5.41) is 8.72. The highest BCUT2D eigenvalue weighted by atomic mass is 79.9. The fourth-order valence-corrected chi connectivity index (χ4v) is 2.57. The third kappa shape index (κ3) is 5.31. The van der Waals surface area contributed by atoms with E-state index in [9.17, 15) is 9.59 Å². The van der Waals surface area contributed by atoms with Crippen LogP contribution in [-0.4, -0.2) is 49.1 Å². The standard InChI is InChI=1S/C15H21BrN4O2/c1-11-10-20(9-8-17-11)14(21)6-7-18-15(22)19-13-4-2-12(16)3-5-13/h2-5,11,17H,6-10H2,1H3,(H2,18,19,22). The van der Waals surface area contributed by atoms with Crippen LogP contribution in [0.1, 0.15) is 13.3 Å². The molecule has 7 heteroatoms. The third-order valence-corrected chi connectivity index (χ3v) is 3.98. The molecule has 3 N–H and O–H groups in total. The van der Waals surface area contributed by atoms with Crippen LogP contribution in [-0.2, 0) is 4.79 Å². The van der Waals surface area contributed by atoms with Crippen molar-refractivity contribution >= 4 is 33.6 Å². The summed E-state index contributed by atoms with van der Waals surface area (Å²) in [6.45, 7) is 4.67. The first kappa shape index (κ1) is 16.8. The number of rotatable bonds is 4. The highest BCUT2D eigenvalue weighted by Crippen LogP contribution is 2.13. The van der Waals surface area contributed by atoms with E-state index in [4.69, 9.17) is 0 Å². The van der Waals surface area contributed by atoms with Crippen molar-refractivity contribution in [3.8, 4) is 0 Å². The number of benzene rings is 1. The van der Waals surface area contributed by atoms with Gasteiger partial charge in [0.1, 0.15) is 0 Å². The number of carbonyl (C=O) groups is 2. The second-order valence-corrected chi connectivity index (χ2v) is 6.25. The summed E-state index contributed by atoms with van der Waals surface area (Å²) >= 11 is 3.34. The number of hydrogen-bond donors (Lipinski definition) is 3. The van der Waals surface area contributed by atoms with Crippen LogP contribution in [0.5, 0.6) is 0 Å². The van der Waals surface area contributed by atoms with Crippen molar-refractivity contribution in [1.29, 1.82) is 0 Å². The van der Waals surface area contributed by atoms with Gasteiger partial charge in [-0.1, -0.05) is 15.9 Å². The molecule has 3 amide bonds. The molecule has 120 valence electrons. The number of carbonyl (C=O) groups excluding carboxylic acids is 2. The maximum atomic E-state index is 12.0. The van der Waals surface area contributed by atoms with Gasteiger partial charge in [-0.15, -0.1) is 0 Å². The van der Waals surface area contributed by atoms with Crippen LogP contribution < -0.4 is 16.0 Å². The molecule has 22 heavy (non-hydrogen) atoms. The Morgan fingerprint density at radius 3 is 2.77 bits per heavy atom. The van der Waals surface area contributed by atoms with E-state index in [-0.39, 0.29) is 11.9 Å². The molecule has 0 spiro atoms.